The van der Waals surface area contributed by atoms with Crippen molar-refractivity contribution < 1.29 is 22.7 Å². The first-order valence-corrected chi connectivity index (χ1v) is 12.0. The van der Waals surface area contributed by atoms with E-state index in [-0.39, 0.29) is 23.0 Å². The van der Waals surface area contributed by atoms with Crippen LogP contribution in [0, 0.1) is 5.41 Å². The summed E-state index contributed by atoms with van der Waals surface area (Å²) in [5, 5.41) is 12.5. The van der Waals surface area contributed by atoms with E-state index in [9.17, 15) is 18.0 Å². The van der Waals surface area contributed by atoms with Gasteiger partial charge in [0, 0.05) is 36.9 Å². The molecule has 4 N–H and O–H groups in total. The van der Waals surface area contributed by atoms with Crippen molar-refractivity contribution in [2.45, 2.75) is 26.6 Å². The molecule has 0 radical (unpaired) electrons. The third-order valence-electron chi connectivity index (χ3n) is 5.12. The monoisotopic (exact) mass is 551 g/mol. The van der Waals surface area contributed by atoms with Crippen LogP contribution in [-0.4, -0.2) is 53.8 Å². The van der Waals surface area contributed by atoms with Crippen molar-refractivity contribution in [3.8, 4) is 6.01 Å². The fourth-order valence-electron chi connectivity index (χ4n) is 3.28. The van der Waals surface area contributed by atoms with Crippen LogP contribution in [0.2, 0.25) is 5.02 Å². The molecule has 0 fully saturated rings. The molecule has 9 nitrogen and oxygen atoms in total. The zero-order chi connectivity index (χ0) is 27.8. The lowest BCUT2D eigenvalue weighted by atomic mass is 9.93. The highest BCUT2D eigenvalue weighted by molar-refractivity contribution is 6.30. The van der Waals surface area contributed by atoms with E-state index in [1.54, 1.807) is 36.4 Å². The summed E-state index contributed by atoms with van der Waals surface area (Å²) < 4.78 is 42.8. The second-order valence-electron chi connectivity index (χ2n) is 9.24. The van der Waals surface area contributed by atoms with Crippen LogP contribution in [0.4, 0.5) is 30.6 Å². The van der Waals surface area contributed by atoms with Crippen molar-refractivity contribution in [3.63, 3.8) is 0 Å². The molecule has 1 amide bonds. The van der Waals surface area contributed by atoms with E-state index in [1.807, 2.05) is 20.9 Å². The minimum atomic E-state index is -4.55. The third-order valence-corrected chi connectivity index (χ3v) is 5.37. The van der Waals surface area contributed by atoms with Crippen LogP contribution in [0.15, 0.2) is 48.7 Å². The maximum atomic E-state index is 12.7. The van der Waals surface area contributed by atoms with Gasteiger partial charge < -0.3 is 26.0 Å². The molecule has 2 heterocycles. The summed E-state index contributed by atoms with van der Waals surface area (Å²) >= 11 is 5.90. The average Bonchev–Trinajstić information content (AvgIpc) is 2.86. The van der Waals surface area contributed by atoms with Crippen molar-refractivity contribution in [1.82, 2.24) is 25.6 Å². The lowest BCUT2D eigenvalue weighted by molar-refractivity contribution is -0.154. The Hall–Kier alpha value is -3.64. The number of pyridine rings is 1. The van der Waals surface area contributed by atoms with Gasteiger partial charge in [0.2, 0.25) is 0 Å². The first-order chi connectivity index (χ1) is 17.9. The molecular formula is C25H29ClF3N7O2. The van der Waals surface area contributed by atoms with Gasteiger partial charge in [-0.15, -0.1) is 0 Å². The van der Waals surface area contributed by atoms with Gasteiger partial charge in [-0.2, -0.15) is 23.1 Å². The maximum Gasteiger partial charge on any atom is 0.422 e. The number of anilines is 3. The maximum absolute atomic E-state index is 12.7. The molecule has 0 bridgehead atoms. The number of amides is 1. The Morgan fingerprint density at radius 2 is 1.71 bits per heavy atom. The average molecular weight is 552 g/mol. The van der Waals surface area contributed by atoms with Gasteiger partial charge in [0.25, 0.3) is 5.91 Å². The van der Waals surface area contributed by atoms with E-state index in [0.717, 1.165) is 12.1 Å². The Kier molecular flexibility index (Phi) is 9.70. The number of hydrogen-bond donors (Lipinski definition) is 4. The van der Waals surface area contributed by atoms with E-state index in [2.05, 4.69) is 36.2 Å². The Bertz CT molecular complexity index is 1210. The fourth-order valence-corrected chi connectivity index (χ4v) is 3.41. The van der Waals surface area contributed by atoms with Crippen LogP contribution in [0.25, 0.3) is 0 Å². The third kappa shape index (κ3) is 9.67. The van der Waals surface area contributed by atoms with Gasteiger partial charge in [-0.25, -0.2) is 4.98 Å². The predicted octanol–water partition coefficient (Wildman–Crippen LogP) is 4.80. The number of benzene rings is 1. The number of halogens is 4. The molecular weight excluding hydrogens is 523 g/mol. The lowest BCUT2D eigenvalue weighted by Gasteiger charge is -2.24. The number of nitrogens with zero attached hydrogens (tertiary/aromatic N) is 3. The molecule has 0 spiro atoms. The van der Waals surface area contributed by atoms with Gasteiger partial charge in [0.1, 0.15) is 17.5 Å². The highest BCUT2D eigenvalue weighted by Crippen LogP contribution is 2.22. The largest absolute Gasteiger partial charge is 0.454 e. The normalized spacial score (nSPS) is 11.7. The van der Waals surface area contributed by atoms with Crippen LogP contribution < -0.4 is 26.0 Å². The Labute approximate surface area is 223 Å². The van der Waals surface area contributed by atoms with Gasteiger partial charge >= 0.3 is 12.2 Å². The van der Waals surface area contributed by atoms with Crippen molar-refractivity contribution >= 4 is 35.0 Å². The molecule has 13 heteroatoms. The smallest absolute Gasteiger partial charge is 0.422 e. The highest BCUT2D eigenvalue weighted by Gasteiger charge is 2.29. The van der Waals surface area contributed by atoms with E-state index in [0.29, 0.717) is 29.5 Å². The Balaban J connectivity index is 1.71. The zero-order valence-electron chi connectivity index (χ0n) is 21.1. The summed E-state index contributed by atoms with van der Waals surface area (Å²) in [6.45, 7) is 4.06. The number of hydrogen-bond acceptors (Lipinski definition) is 8. The molecule has 0 aliphatic heterocycles. The van der Waals surface area contributed by atoms with Crippen molar-refractivity contribution in [2.24, 2.45) is 5.41 Å². The van der Waals surface area contributed by atoms with Gasteiger partial charge in [0.05, 0.1) is 5.56 Å². The Morgan fingerprint density at radius 3 is 2.34 bits per heavy atom. The minimum absolute atomic E-state index is 0.127. The number of nitrogens with one attached hydrogen (secondary N) is 4. The Morgan fingerprint density at radius 1 is 1.00 bits per heavy atom. The summed E-state index contributed by atoms with van der Waals surface area (Å²) in [5.74, 6) is 0.428. The van der Waals surface area contributed by atoms with Gasteiger partial charge in [-0.05, 0) is 42.3 Å². The number of rotatable bonds is 12. The van der Waals surface area contributed by atoms with Crippen LogP contribution in [0.1, 0.15) is 29.8 Å². The summed E-state index contributed by atoms with van der Waals surface area (Å²) in [6, 6.07) is 11.2. The first-order valence-electron chi connectivity index (χ1n) is 11.7. The summed E-state index contributed by atoms with van der Waals surface area (Å²) in [7, 11) is 1.85. The summed E-state index contributed by atoms with van der Waals surface area (Å²) in [6.07, 6.45) is -3.16. The van der Waals surface area contributed by atoms with E-state index in [4.69, 9.17) is 16.3 Å². The van der Waals surface area contributed by atoms with Crippen molar-refractivity contribution in [3.05, 3.63) is 64.8 Å². The molecule has 3 rings (SSSR count). The molecule has 0 saturated carbocycles. The predicted molar refractivity (Wildman–Crippen MR) is 140 cm³/mol. The molecule has 38 heavy (non-hydrogen) atoms. The molecule has 2 aromatic heterocycles. The summed E-state index contributed by atoms with van der Waals surface area (Å²) in [5.41, 5.74) is 1.11. The zero-order valence-corrected chi connectivity index (χ0v) is 21.9. The second kappa shape index (κ2) is 12.7. The van der Waals surface area contributed by atoms with Gasteiger partial charge in [-0.1, -0.05) is 37.6 Å². The van der Waals surface area contributed by atoms with E-state index < -0.39 is 18.8 Å². The molecule has 0 unspecified atom stereocenters. The van der Waals surface area contributed by atoms with Crippen LogP contribution in [0.5, 0.6) is 6.01 Å². The summed E-state index contributed by atoms with van der Waals surface area (Å²) in [4.78, 5) is 24.7. The highest BCUT2D eigenvalue weighted by atomic mass is 35.5. The molecule has 0 saturated heterocycles. The number of ether oxygens (including phenoxy) is 1. The lowest BCUT2D eigenvalue weighted by Crippen LogP contribution is -2.39. The van der Waals surface area contributed by atoms with Crippen molar-refractivity contribution in [2.75, 3.05) is 37.4 Å². The second-order valence-corrected chi connectivity index (χ2v) is 9.68. The van der Waals surface area contributed by atoms with Gasteiger partial charge in [0.15, 0.2) is 6.61 Å². The van der Waals surface area contributed by atoms with E-state index >= 15 is 0 Å². The minimum Gasteiger partial charge on any atom is -0.454 e. The van der Waals surface area contributed by atoms with Crippen molar-refractivity contribution in [1.29, 1.82) is 0 Å². The molecule has 3 aromatic rings. The SMILES string of the molecule is CNCC(C)(C)CNC(=O)c1ccc(Nc2cc(NCc3ccc(Cl)cc3)nc(OCC(F)(F)F)n2)nc1. The van der Waals surface area contributed by atoms with Crippen LogP contribution >= 0.6 is 11.6 Å². The fraction of sp³-hybridized carbons (Fsp3) is 0.360. The molecule has 0 aliphatic rings. The molecule has 204 valence electrons. The van der Waals surface area contributed by atoms with Crippen LogP contribution in [-0.2, 0) is 6.54 Å². The number of aromatic nitrogens is 3. The number of carbonyl (C=O) groups is 1. The standard InChI is InChI=1S/C25H29ClF3N7O2/c1-24(2,13-30-3)14-33-22(37)17-6-9-19(32-12-17)34-21-10-20(31-11-16-4-7-18(26)8-5-16)35-23(36-21)38-15-25(27,28)29/h4-10,12,30H,11,13-15H2,1-3H3,(H,33,37)(H2,31,32,34,35,36). The molecule has 0 aliphatic carbocycles. The molecule has 1 aromatic carbocycles. The molecule has 0 atom stereocenters. The first kappa shape index (κ1) is 28.9. The number of alkyl halides is 3. The van der Waals surface area contributed by atoms with E-state index in [1.165, 1.54) is 12.3 Å². The van der Waals surface area contributed by atoms with Gasteiger partial charge in [-0.3, -0.25) is 4.79 Å². The van der Waals surface area contributed by atoms with Crippen LogP contribution in [0.3, 0.4) is 0 Å². The topological polar surface area (TPSA) is 113 Å². The number of carbonyl (C=O) groups excluding carboxylic acids is 1. The quantitative estimate of drug-likeness (QED) is 0.254.